The number of carbonyl (C=O) groups excluding carboxylic acids is 1. The highest BCUT2D eigenvalue weighted by molar-refractivity contribution is 6.02. The Morgan fingerprint density at radius 2 is 1.87 bits per heavy atom. The van der Waals surface area contributed by atoms with Gasteiger partial charge in [-0.15, -0.1) is 0 Å². The SMILES string of the molecule is CN1CCN(c2ccc3nc(-c4cc(NC(=O)c5nccn5C)cn4C)[nH]c3c2)CC1. The highest BCUT2D eigenvalue weighted by atomic mass is 16.2. The van der Waals surface area contributed by atoms with Gasteiger partial charge in [-0.2, -0.15) is 0 Å². The van der Waals surface area contributed by atoms with Crippen LogP contribution in [0, 0.1) is 0 Å². The fraction of sp³-hybridized carbons (Fsp3) is 0.318. The molecule has 4 heterocycles. The Morgan fingerprint density at radius 1 is 1.06 bits per heavy atom. The number of fused-ring (bicyclic) bond motifs is 1. The first-order valence-corrected chi connectivity index (χ1v) is 10.4. The van der Waals surface area contributed by atoms with Gasteiger partial charge >= 0.3 is 0 Å². The van der Waals surface area contributed by atoms with Gasteiger partial charge in [0.25, 0.3) is 5.91 Å². The van der Waals surface area contributed by atoms with Crippen LogP contribution in [0.2, 0.25) is 0 Å². The molecule has 0 atom stereocenters. The smallest absolute Gasteiger partial charge is 0.291 e. The molecular weight excluding hydrogens is 392 g/mol. The number of nitrogens with one attached hydrogen (secondary N) is 2. The Balaban J connectivity index is 1.39. The van der Waals surface area contributed by atoms with Crippen molar-refractivity contribution in [2.75, 3.05) is 43.4 Å². The molecular formula is C22H26N8O. The number of carbonyl (C=O) groups is 1. The van der Waals surface area contributed by atoms with Crippen molar-refractivity contribution < 1.29 is 4.79 Å². The molecule has 5 rings (SSSR count). The number of aryl methyl sites for hydroxylation is 2. The van der Waals surface area contributed by atoms with Crippen LogP contribution in [0.1, 0.15) is 10.6 Å². The average molecular weight is 419 g/mol. The maximum atomic E-state index is 12.5. The predicted octanol–water partition coefficient (Wildman–Crippen LogP) is 2.31. The number of imidazole rings is 2. The molecule has 9 heteroatoms. The second kappa shape index (κ2) is 7.59. The number of benzene rings is 1. The lowest BCUT2D eigenvalue weighted by atomic mass is 10.2. The van der Waals surface area contributed by atoms with Crippen molar-refractivity contribution in [3.8, 4) is 11.5 Å². The van der Waals surface area contributed by atoms with Crippen LogP contribution in [0.3, 0.4) is 0 Å². The summed E-state index contributed by atoms with van der Waals surface area (Å²) in [4.78, 5) is 29.5. The molecule has 0 unspecified atom stereocenters. The fourth-order valence-corrected chi connectivity index (χ4v) is 4.02. The Kier molecular flexibility index (Phi) is 4.74. The minimum Gasteiger partial charge on any atom is -0.369 e. The Labute approximate surface area is 180 Å². The van der Waals surface area contributed by atoms with Gasteiger partial charge in [-0.25, -0.2) is 9.97 Å². The normalized spacial score (nSPS) is 15.0. The number of hydrogen-bond acceptors (Lipinski definition) is 5. The number of H-pyrrole nitrogens is 1. The van der Waals surface area contributed by atoms with Gasteiger partial charge in [0.2, 0.25) is 0 Å². The van der Waals surface area contributed by atoms with Gasteiger partial charge in [0.1, 0.15) is 0 Å². The molecule has 1 aliphatic heterocycles. The first kappa shape index (κ1) is 19.4. The lowest BCUT2D eigenvalue weighted by Crippen LogP contribution is -2.44. The van der Waals surface area contributed by atoms with E-state index in [1.807, 2.05) is 23.9 Å². The van der Waals surface area contributed by atoms with Crippen molar-refractivity contribution in [2.45, 2.75) is 0 Å². The van der Waals surface area contributed by atoms with E-state index in [0.29, 0.717) is 11.5 Å². The molecule has 1 aromatic carbocycles. The largest absolute Gasteiger partial charge is 0.369 e. The maximum absolute atomic E-state index is 12.5. The molecule has 0 aliphatic carbocycles. The van der Waals surface area contributed by atoms with E-state index in [-0.39, 0.29) is 5.91 Å². The monoisotopic (exact) mass is 418 g/mol. The lowest BCUT2D eigenvalue weighted by molar-refractivity contribution is 0.101. The molecule has 1 aliphatic rings. The van der Waals surface area contributed by atoms with Crippen molar-refractivity contribution in [3.05, 3.63) is 48.7 Å². The highest BCUT2D eigenvalue weighted by Gasteiger charge is 2.17. The maximum Gasteiger partial charge on any atom is 0.291 e. The van der Waals surface area contributed by atoms with Crippen LogP contribution in [-0.4, -0.2) is 68.1 Å². The third kappa shape index (κ3) is 3.68. The van der Waals surface area contributed by atoms with E-state index in [0.717, 1.165) is 48.7 Å². The Morgan fingerprint density at radius 3 is 2.61 bits per heavy atom. The number of anilines is 2. The molecule has 1 fully saturated rings. The summed E-state index contributed by atoms with van der Waals surface area (Å²) in [5.74, 6) is 0.891. The van der Waals surface area contributed by atoms with Crippen molar-refractivity contribution in [2.24, 2.45) is 14.1 Å². The molecule has 3 aromatic heterocycles. The van der Waals surface area contributed by atoms with E-state index in [1.54, 1.807) is 24.0 Å². The number of aromatic amines is 1. The topological polar surface area (TPSA) is 87.0 Å². The summed E-state index contributed by atoms with van der Waals surface area (Å²) in [5.41, 5.74) is 4.74. The van der Waals surface area contributed by atoms with Crippen LogP contribution in [0.25, 0.3) is 22.6 Å². The van der Waals surface area contributed by atoms with Crippen LogP contribution < -0.4 is 10.2 Å². The molecule has 2 N–H and O–H groups in total. The molecule has 0 saturated carbocycles. The molecule has 0 spiro atoms. The van der Waals surface area contributed by atoms with E-state index >= 15 is 0 Å². The highest BCUT2D eigenvalue weighted by Crippen LogP contribution is 2.27. The summed E-state index contributed by atoms with van der Waals surface area (Å²) >= 11 is 0. The summed E-state index contributed by atoms with van der Waals surface area (Å²) in [6.07, 6.45) is 5.23. The molecule has 0 radical (unpaired) electrons. The summed E-state index contributed by atoms with van der Waals surface area (Å²) in [5, 5.41) is 2.91. The molecule has 160 valence electrons. The lowest BCUT2D eigenvalue weighted by Gasteiger charge is -2.34. The zero-order valence-corrected chi connectivity index (χ0v) is 18.0. The van der Waals surface area contributed by atoms with Crippen molar-refractivity contribution in [3.63, 3.8) is 0 Å². The van der Waals surface area contributed by atoms with E-state index in [2.05, 4.69) is 50.3 Å². The Bertz CT molecular complexity index is 1240. The van der Waals surface area contributed by atoms with Gasteiger partial charge in [-0.05, 0) is 31.3 Å². The van der Waals surface area contributed by atoms with E-state index in [4.69, 9.17) is 4.98 Å². The second-order valence-electron chi connectivity index (χ2n) is 8.12. The standard InChI is InChI=1S/C22H26N8O/c1-27-8-10-30(11-9-27)16-4-5-17-18(13-16)26-20(25-17)19-12-15(14-29(19)3)24-22(31)21-23-6-7-28(21)2/h4-7,12-14H,8-11H2,1-3H3,(H,24,31)(H,25,26). The number of nitrogens with zero attached hydrogens (tertiary/aromatic N) is 6. The molecule has 0 bridgehead atoms. The number of likely N-dealkylation sites (N-methyl/N-ethyl adjacent to an activating group) is 1. The average Bonchev–Trinajstić information content (AvgIpc) is 3.45. The van der Waals surface area contributed by atoms with Gasteiger partial charge in [-0.1, -0.05) is 0 Å². The van der Waals surface area contributed by atoms with Crippen LogP contribution in [0.4, 0.5) is 11.4 Å². The number of piperazine rings is 1. The molecule has 9 nitrogen and oxygen atoms in total. The number of hydrogen-bond donors (Lipinski definition) is 2. The molecule has 1 amide bonds. The van der Waals surface area contributed by atoms with E-state index < -0.39 is 0 Å². The zero-order valence-electron chi connectivity index (χ0n) is 18.0. The third-order valence-corrected chi connectivity index (χ3v) is 5.86. The minimum absolute atomic E-state index is 0.244. The van der Waals surface area contributed by atoms with Gasteiger partial charge in [-0.3, -0.25) is 4.79 Å². The fourth-order valence-electron chi connectivity index (χ4n) is 4.02. The van der Waals surface area contributed by atoms with Crippen molar-refractivity contribution >= 4 is 28.3 Å². The van der Waals surface area contributed by atoms with Crippen LogP contribution in [0.15, 0.2) is 42.9 Å². The molecule has 4 aromatic rings. The second-order valence-corrected chi connectivity index (χ2v) is 8.12. The quantitative estimate of drug-likeness (QED) is 0.531. The molecule has 31 heavy (non-hydrogen) atoms. The van der Waals surface area contributed by atoms with Gasteiger partial charge < -0.3 is 29.2 Å². The first-order valence-electron chi connectivity index (χ1n) is 10.4. The van der Waals surface area contributed by atoms with Gasteiger partial charge in [0.15, 0.2) is 11.6 Å². The summed E-state index contributed by atoms with van der Waals surface area (Å²) in [7, 11) is 5.90. The van der Waals surface area contributed by atoms with E-state index in [1.165, 1.54) is 5.69 Å². The van der Waals surface area contributed by atoms with Crippen LogP contribution >= 0.6 is 0 Å². The number of rotatable bonds is 4. The van der Waals surface area contributed by atoms with Crippen LogP contribution in [0.5, 0.6) is 0 Å². The summed E-state index contributed by atoms with van der Waals surface area (Å²) in [6, 6.07) is 8.29. The first-order chi connectivity index (χ1) is 15.0. The third-order valence-electron chi connectivity index (χ3n) is 5.86. The van der Waals surface area contributed by atoms with E-state index in [9.17, 15) is 4.79 Å². The minimum atomic E-state index is -0.244. The summed E-state index contributed by atoms with van der Waals surface area (Å²) < 4.78 is 3.64. The van der Waals surface area contributed by atoms with Gasteiger partial charge in [0, 0.05) is 64.6 Å². The van der Waals surface area contributed by atoms with Crippen molar-refractivity contribution in [1.29, 1.82) is 0 Å². The van der Waals surface area contributed by atoms with Crippen molar-refractivity contribution in [1.82, 2.24) is 29.0 Å². The summed E-state index contributed by atoms with van der Waals surface area (Å²) in [6.45, 7) is 4.20. The predicted molar refractivity (Wildman–Crippen MR) is 121 cm³/mol. The molecule has 1 saturated heterocycles. The zero-order chi connectivity index (χ0) is 21.5. The van der Waals surface area contributed by atoms with Crippen LogP contribution in [-0.2, 0) is 14.1 Å². The Hall–Kier alpha value is -3.59. The number of aromatic nitrogens is 5. The van der Waals surface area contributed by atoms with Gasteiger partial charge in [0.05, 0.1) is 22.4 Å². The number of amides is 1.